The molecule has 0 aromatic heterocycles. The largest absolute Gasteiger partial charge is 0.396 e. The Hall–Kier alpha value is -1.42. The van der Waals surface area contributed by atoms with Crippen LogP contribution in [-0.4, -0.2) is 24.2 Å². The van der Waals surface area contributed by atoms with Crippen molar-refractivity contribution in [2.75, 3.05) is 13.2 Å². The molecule has 1 aliphatic carbocycles. The Morgan fingerprint density at radius 3 is 2.71 bits per heavy atom. The van der Waals surface area contributed by atoms with Crippen LogP contribution in [-0.2, 0) is 0 Å². The summed E-state index contributed by atoms with van der Waals surface area (Å²) in [7, 11) is 0. The number of carbonyl (C=O) groups excluding carboxylic acids is 1. The molecule has 0 radical (unpaired) electrons. The fourth-order valence-electron chi connectivity index (χ4n) is 1.94. The highest BCUT2D eigenvalue weighted by molar-refractivity contribution is 5.94. The number of hydrogen-bond donors (Lipinski definition) is 2. The minimum atomic E-state index is -0.503. The minimum absolute atomic E-state index is 0.0513. The first kappa shape index (κ1) is 12.0. The van der Waals surface area contributed by atoms with Gasteiger partial charge >= 0.3 is 0 Å². The van der Waals surface area contributed by atoms with Crippen molar-refractivity contribution in [3.05, 3.63) is 35.6 Å². The van der Waals surface area contributed by atoms with Crippen molar-refractivity contribution in [2.24, 2.45) is 5.41 Å². The average Bonchev–Trinajstić information content (AvgIpc) is 3.08. The molecule has 0 aliphatic heterocycles. The summed E-state index contributed by atoms with van der Waals surface area (Å²) < 4.78 is 13.3. The second-order valence-corrected chi connectivity index (χ2v) is 4.64. The predicted octanol–water partition coefficient (Wildman–Crippen LogP) is 1.72. The lowest BCUT2D eigenvalue weighted by atomic mass is 10.0. The van der Waals surface area contributed by atoms with E-state index in [0.29, 0.717) is 13.0 Å². The molecule has 0 unspecified atom stereocenters. The molecule has 2 rings (SSSR count). The monoisotopic (exact) mass is 237 g/mol. The third-order valence-corrected chi connectivity index (χ3v) is 3.34. The van der Waals surface area contributed by atoms with Crippen LogP contribution in [0.3, 0.4) is 0 Å². The molecule has 1 aromatic carbocycles. The standard InChI is InChI=1S/C13H16FNO2/c14-11-4-2-1-3-10(11)12(17)15-9-13(5-6-13)7-8-16/h1-4,16H,5-9H2,(H,15,17). The average molecular weight is 237 g/mol. The summed E-state index contributed by atoms with van der Waals surface area (Å²) in [5.41, 5.74) is 0.127. The van der Waals surface area contributed by atoms with Crippen LogP contribution in [0, 0.1) is 11.2 Å². The number of halogens is 1. The minimum Gasteiger partial charge on any atom is -0.396 e. The van der Waals surface area contributed by atoms with E-state index in [4.69, 9.17) is 5.11 Å². The predicted molar refractivity (Wildman–Crippen MR) is 62.1 cm³/mol. The zero-order valence-corrected chi connectivity index (χ0v) is 9.58. The van der Waals surface area contributed by atoms with Gasteiger partial charge in [-0.2, -0.15) is 0 Å². The van der Waals surface area contributed by atoms with E-state index >= 15 is 0 Å². The molecule has 1 aliphatic rings. The van der Waals surface area contributed by atoms with E-state index in [2.05, 4.69) is 5.32 Å². The Morgan fingerprint density at radius 1 is 1.41 bits per heavy atom. The van der Waals surface area contributed by atoms with Crippen molar-refractivity contribution in [2.45, 2.75) is 19.3 Å². The first-order chi connectivity index (χ1) is 8.17. The van der Waals surface area contributed by atoms with E-state index in [0.717, 1.165) is 12.8 Å². The second-order valence-electron chi connectivity index (χ2n) is 4.64. The SMILES string of the molecule is O=C(NCC1(CCO)CC1)c1ccccc1F. The van der Waals surface area contributed by atoms with Crippen molar-refractivity contribution in [1.82, 2.24) is 5.32 Å². The summed E-state index contributed by atoms with van der Waals surface area (Å²) in [5, 5.41) is 11.6. The number of aliphatic hydroxyl groups is 1. The van der Waals surface area contributed by atoms with Crippen LogP contribution in [0.15, 0.2) is 24.3 Å². The van der Waals surface area contributed by atoms with Gasteiger partial charge in [0.2, 0.25) is 0 Å². The third kappa shape index (κ3) is 2.82. The summed E-state index contributed by atoms with van der Waals surface area (Å²) in [5.74, 6) is -0.885. The summed E-state index contributed by atoms with van der Waals surface area (Å²) in [6.07, 6.45) is 2.74. The smallest absolute Gasteiger partial charge is 0.254 e. The molecule has 1 fully saturated rings. The van der Waals surface area contributed by atoms with Crippen molar-refractivity contribution in [3.63, 3.8) is 0 Å². The highest BCUT2D eigenvalue weighted by Crippen LogP contribution is 2.47. The lowest BCUT2D eigenvalue weighted by Crippen LogP contribution is -2.31. The van der Waals surface area contributed by atoms with E-state index in [1.54, 1.807) is 12.1 Å². The first-order valence-corrected chi connectivity index (χ1v) is 5.80. The Labute approximate surface area is 99.7 Å². The van der Waals surface area contributed by atoms with Gasteiger partial charge < -0.3 is 10.4 Å². The first-order valence-electron chi connectivity index (χ1n) is 5.80. The zero-order valence-electron chi connectivity index (χ0n) is 9.58. The quantitative estimate of drug-likeness (QED) is 0.819. The number of nitrogens with one attached hydrogen (secondary N) is 1. The molecule has 3 nitrogen and oxygen atoms in total. The molecule has 0 atom stereocenters. The highest BCUT2D eigenvalue weighted by Gasteiger charge is 2.41. The Kier molecular flexibility index (Phi) is 3.43. The zero-order chi connectivity index (χ0) is 12.3. The van der Waals surface area contributed by atoms with Gasteiger partial charge in [0.25, 0.3) is 5.91 Å². The van der Waals surface area contributed by atoms with E-state index in [9.17, 15) is 9.18 Å². The maximum absolute atomic E-state index is 13.3. The second kappa shape index (κ2) is 4.84. The molecule has 92 valence electrons. The van der Waals surface area contributed by atoms with Crippen molar-refractivity contribution in [1.29, 1.82) is 0 Å². The van der Waals surface area contributed by atoms with Crippen LogP contribution >= 0.6 is 0 Å². The van der Waals surface area contributed by atoms with Gasteiger partial charge in [0, 0.05) is 13.2 Å². The molecule has 0 bridgehead atoms. The fraction of sp³-hybridized carbons (Fsp3) is 0.462. The van der Waals surface area contributed by atoms with E-state index in [1.165, 1.54) is 12.1 Å². The van der Waals surface area contributed by atoms with Crippen LogP contribution in [0.1, 0.15) is 29.6 Å². The molecule has 0 saturated heterocycles. The van der Waals surface area contributed by atoms with Crippen LogP contribution in [0.25, 0.3) is 0 Å². The lowest BCUT2D eigenvalue weighted by molar-refractivity contribution is 0.0937. The number of benzene rings is 1. The number of rotatable bonds is 5. The molecule has 1 amide bonds. The molecule has 1 saturated carbocycles. The highest BCUT2D eigenvalue weighted by atomic mass is 19.1. The van der Waals surface area contributed by atoms with Crippen LogP contribution < -0.4 is 5.32 Å². The van der Waals surface area contributed by atoms with E-state index < -0.39 is 5.82 Å². The normalized spacial score (nSPS) is 16.6. The number of hydrogen-bond acceptors (Lipinski definition) is 2. The number of carbonyl (C=O) groups is 1. The summed E-state index contributed by atoms with van der Waals surface area (Å²) in [4.78, 5) is 11.7. The molecular weight excluding hydrogens is 221 g/mol. The van der Waals surface area contributed by atoms with Gasteiger partial charge in [-0.05, 0) is 36.8 Å². The molecule has 0 spiro atoms. The molecule has 2 N–H and O–H groups in total. The van der Waals surface area contributed by atoms with Crippen LogP contribution in [0.4, 0.5) is 4.39 Å². The Morgan fingerprint density at radius 2 is 2.12 bits per heavy atom. The maximum atomic E-state index is 13.3. The number of amides is 1. The molecule has 4 heteroatoms. The number of aliphatic hydroxyl groups excluding tert-OH is 1. The van der Waals surface area contributed by atoms with Gasteiger partial charge in [-0.1, -0.05) is 12.1 Å². The summed E-state index contributed by atoms with van der Waals surface area (Å²) in [6, 6.07) is 5.94. The van der Waals surface area contributed by atoms with E-state index in [1.807, 2.05) is 0 Å². The van der Waals surface area contributed by atoms with Crippen LogP contribution in [0.2, 0.25) is 0 Å². The molecule has 17 heavy (non-hydrogen) atoms. The third-order valence-electron chi connectivity index (χ3n) is 3.34. The summed E-state index contributed by atoms with van der Waals surface area (Å²) in [6.45, 7) is 0.649. The lowest BCUT2D eigenvalue weighted by Gasteiger charge is -2.14. The van der Waals surface area contributed by atoms with Gasteiger partial charge in [0.1, 0.15) is 5.82 Å². The topological polar surface area (TPSA) is 49.3 Å². The maximum Gasteiger partial charge on any atom is 0.254 e. The Balaban J connectivity index is 1.92. The van der Waals surface area contributed by atoms with Gasteiger partial charge in [-0.25, -0.2) is 4.39 Å². The Bertz CT molecular complexity index is 416. The van der Waals surface area contributed by atoms with Gasteiger partial charge in [-0.15, -0.1) is 0 Å². The molecule has 0 heterocycles. The fourth-order valence-corrected chi connectivity index (χ4v) is 1.94. The summed E-state index contributed by atoms with van der Waals surface area (Å²) >= 11 is 0. The van der Waals surface area contributed by atoms with Crippen molar-refractivity contribution < 1.29 is 14.3 Å². The van der Waals surface area contributed by atoms with E-state index in [-0.39, 0.29) is 23.5 Å². The molecular formula is C13H16FNO2. The van der Waals surface area contributed by atoms with Gasteiger partial charge in [0.05, 0.1) is 5.56 Å². The van der Waals surface area contributed by atoms with Crippen molar-refractivity contribution in [3.8, 4) is 0 Å². The van der Waals surface area contributed by atoms with Gasteiger partial charge in [0.15, 0.2) is 0 Å². The van der Waals surface area contributed by atoms with Gasteiger partial charge in [-0.3, -0.25) is 4.79 Å². The van der Waals surface area contributed by atoms with Crippen molar-refractivity contribution >= 4 is 5.91 Å². The molecule has 1 aromatic rings. The van der Waals surface area contributed by atoms with Crippen LogP contribution in [0.5, 0.6) is 0 Å².